The van der Waals surface area contributed by atoms with Crippen LogP contribution in [0.2, 0.25) is 20.1 Å². The van der Waals surface area contributed by atoms with Gasteiger partial charge in [-0.25, -0.2) is 0 Å². The van der Waals surface area contributed by atoms with Gasteiger partial charge in [0, 0.05) is 58.9 Å². The molecule has 0 spiro atoms. The first-order valence-electron chi connectivity index (χ1n) is 15.0. The monoisotopic (exact) mass is 714 g/mol. The number of hydrogen-bond acceptors (Lipinski definition) is 6. The maximum absolute atomic E-state index is 12.7. The molecule has 0 bridgehead atoms. The van der Waals surface area contributed by atoms with E-state index < -0.39 is 5.97 Å². The van der Waals surface area contributed by atoms with E-state index in [1.807, 2.05) is 27.7 Å². The van der Waals surface area contributed by atoms with Crippen LogP contribution in [0.5, 0.6) is 5.75 Å². The summed E-state index contributed by atoms with van der Waals surface area (Å²) in [6.07, 6.45) is 3.52. The van der Waals surface area contributed by atoms with E-state index in [2.05, 4.69) is 0 Å². The number of fused-ring (bicyclic) bond motifs is 2. The summed E-state index contributed by atoms with van der Waals surface area (Å²) in [5.74, 6) is -0.338. The molecular formula is C35H42Cl4O7. The van der Waals surface area contributed by atoms with Gasteiger partial charge < -0.3 is 19.4 Å². The van der Waals surface area contributed by atoms with E-state index in [9.17, 15) is 19.5 Å². The Kier molecular flexibility index (Phi) is 17.1. The van der Waals surface area contributed by atoms with Crippen molar-refractivity contribution in [3.63, 3.8) is 0 Å². The Morgan fingerprint density at radius 1 is 0.848 bits per heavy atom. The van der Waals surface area contributed by atoms with Gasteiger partial charge in [0.05, 0.1) is 20.1 Å². The zero-order valence-electron chi connectivity index (χ0n) is 27.7. The first kappa shape index (κ1) is 41.2. The zero-order valence-corrected chi connectivity index (χ0v) is 30.7. The second kappa shape index (κ2) is 19.1. The molecule has 2 N–H and O–H groups in total. The Morgan fingerprint density at radius 3 is 1.98 bits per heavy atom. The predicted molar refractivity (Wildman–Crippen MR) is 191 cm³/mol. The lowest BCUT2D eigenvalue weighted by Crippen LogP contribution is -2.12. The van der Waals surface area contributed by atoms with Crippen molar-refractivity contribution >= 4 is 69.6 Å². The Hall–Kier alpha value is -2.81. The van der Waals surface area contributed by atoms with E-state index in [0.717, 1.165) is 25.9 Å². The molecule has 1 heterocycles. The fraction of sp³-hybridized carbons (Fsp3) is 0.400. The number of aromatic hydroxyl groups is 1. The summed E-state index contributed by atoms with van der Waals surface area (Å²) in [4.78, 5) is 34.8. The van der Waals surface area contributed by atoms with E-state index in [1.165, 1.54) is 0 Å². The van der Waals surface area contributed by atoms with Gasteiger partial charge in [-0.05, 0) is 63.8 Å². The molecule has 0 amide bonds. The molecule has 1 aliphatic carbocycles. The second-order valence-electron chi connectivity index (χ2n) is 9.90. The number of carbonyl (C=O) groups excluding carboxylic acids is 1. The van der Waals surface area contributed by atoms with Gasteiger partial charge in [0.15, 0.2) is 11.7 Å². The fourth-order valence-electron chi connectivity index (χ4n) is 4.76. The number of aliphatic carboxylic acids is 1. The summed E-state index contributed by atoms with van der Waals surface area (Å²) in [6.45, 7) is 15.5. The molecule has 2 aromatic rings. The number of unbranched alkanes of at least 4 members (excludes halogenated alkanes) is 2. The van der Waals surface area contributed by atoms with Crippen LogP contribution in [0, 0.1) is 27.7 Å². The quantitative estimate of drug-likeness (QED) is 0.0613. The van der Waals surface area contributed by atoms with Crippen LogP contribution < -0.4 is 5.43 Å². The smallest absolute Gasteiger partial charge is 0.303 e. The summed E-state index contributed by atoms with van der Waals surface area (Å²) in [5.41, 5.74) is 3.51. The van der Waals surface area contributed by atoms with Gasteiger partial charge in [-0.15, -0.1) is 0 Å². The number of carboxylic acids is 1. The summed E-state index contributed by atoms with van der Waals surface area (Å²) in [6, 6.07) is 3.41. The van der Waals surface area contributed by atoms with Crippen LogP contribution in [-0.2, 0) is 9.53 Å². The van der Waals surface area contributed by atoms with Gasteiger partial charge in [0.25, 0.3) is 0 Å². The minimum Gasteiger partial charge on any atom is -0.507 e. The minimum absolute atomic E-state index is 0.00198. The number of ether oxygens (including phenoxy) is 1. The van der Waals surface area contributed by atoms with Gasteiger partial charge in [-0.3, -0.25) is 14.4 Å². The van der Waals surface area contributed by atoms with Crippen LogP contribution >= 0.6 is 46.4 Å². The SMILES string of the molecule is CC.CC.COCCCCCC(=O)O.Cc1cc2c(-c3c(Cl)c(Cl)c(Cl)c(Cl)c3C=O)c3cc(C)c(=O)c(C)c-3oc2c(C)c1O. The van der Waals surface area contributed by atoms with Crippen molar-refractivity contribution < 1.29 is 29.0 Å². The first-order chi connectivity index (χ1) is 21.8. The number of rotatable bonds is 8. The number of benzene rings is 3. The van der Waals surface area contributed by atoms with Crippen molar-refractivity contribution in [3.05, 3.63) is 70.3 Å². The molecule has 11 heteroatoms. The molecule has 0 saturated carbocycles. The van der Waals surface area contributed by atoms with E-state index in [4.69, 9.17) is 60.7 Å². The third-order valence-electron chi connectivity index (χ3n) is 6.97. The number of hydrogen-bond donors (Lipinski definition) is 2. The van der Waals surface area contributed by atoms with Gasteiger partial charge in [-0.1, -0.05) is 80.5 Å². The number of phenolic OH excluding ortho intramolecular Hbond substituents is 1. The summed E-state index contributed by atoms with van der Waals surface area (Å²) < 4.78 is 11.0. The number of phenols is 1. The maximum atomic E-state index is 12.7. The normalized spacial score (nSPS) is 10.4. The summed E-state index contributed by atoms with van der Waals surface area (Å²) in [7, 11) is 1.65. The number of methoxy groups -OCH3 is 1. The van der Waals surface area contributed by atoms with Crippen molar-refractivity contribution in [3.8, 4) is 28.2 Å². The highest BCUT2D eigenvalue weighted by atomic mass is 35.5. The van der Waals surface area contributed by atoms with E-state index >= 15 is 0 Å². The van der Waals surface area contributed by atoms with Gasteiger partial charge in [-0.2, -0.15) is 0 Å². The molecule has 1 aliphatic heterocycles. The van der Waals surface area contributed by atoms with Crippen molar-refractivity contribution in [2.24, 2.45) is 0 Å². The topological polar surface area (TPSA) is 114 Å². The van der Waals surface area contributed by atoms with E-state index in [-0.39, 0.29) is 48.8 Å². The molecule has 4 rings (SSSR count). The Morgan fingerprint density at radius 2 is 1.43 bits per heavy atom. The lowest BCUT2D eigenvalue weighted by atomic mass is 9.87. The fourth-order valence-corrected chi connectivity index (χ4v) is 5.76. The van der Waals surface area contributed by atoms with Crippen molar-refractivity contribution in [1.29, 1.82) is 0 Å². The van der Waals surface area contributed by atoms with E-state index in [0.29, 0.717) is 56.4 Å². The molecule has 46 heavy (non-hydrogen) atoms. The largest absolute Gasteiger partial charge is 0.507 e. The molecule has 0 atom stereocenters. The Balaban J connectivity index is 0.000000643. The molecule has 0 fully saturated rings. The lowest BCUT2D eigenvalue weighted by Gasteiger charge is -2.22. The first-order valence-corrected chi connectivity index (χ1v) is 16.5. The highest BCUT2D eigenvalue weighted by molar-refractivity contribution is 6.54. The Labute approximate surface area is 290 Å². The van der Waals surface area contributed by atoms with Gasteiger partial charge in [0.1, 0.15) is 17.1 Å². The summed E-state index contributed by atoms with van der Waals surface area (Å²) >= 11 is 25.6. The molecule has 252 valence electrons. The number of aryl methyl sites for hydroxylation is 3. The van der Waals surface area contributed by atoms with Crippen LogP contribution in [0.25, 0.3) is 33.4 Å². The van der Waals surface area contributed by atoms with Gasteiger partial charge >= 0.3 is 5.97 Å². The third-order valence-corrected chi connectivity index (χ3v) is 8.79. The lowest BCUT2D eigenvalue weighted by molar-refractivity contribution is -0.137. The maximum Gasteiger partial charge on any atom is 0.303 e. The minimum atomic E-state index is -0.711. The standard InChI is InChI=1S/C24H16Cl4O4.C7H14O3.2C2H6/c1-8-5-12-15(16-14(7-29)17(25)19(27)20(28)18(16)26)13-6-9(2)22(31)11(4)24(13)32-23(12)10(3)21(8)30;1-10-6-4-2-3-5-7(8)9;2*1-2/h5-7,30H,1-4H3;2-6H2,1H3,(H,8,9);2*1-2H3. The Bertz CT molecular complexity index is 1710. The molecule has 0 radical (unpaired) electrons. The summed E-state index contributed by atoms with van der Waals surface area (Å²) in [5, 5.41) is 19.3. The highest BCUT2D eigenvalue weighted by Gasteiger charge is 2.29. The predicted octanol–water partition coefficient (Wildman–Crippen LogP) is 11.3. The number of carbonyl (C=O) groups is 2. The van der Waals surface area contributed by atoms with Crippen LogP contribution in [-0.4, -0.2) is 36.2 Å². The average Bonchev–Trinajstić information content (AvgIpc) is 3.05. The molecule has 0 unspecified atom stereocenters. The number of halogens is 4. The molecule has 2 aliphatic rings. The second-order valence-corrected chi connectivity index (χ2v) is 11.4. The van der Waals surface area contributed by atoms with Crippen LogP contribution in [0.3, 0.4) is 0 Å². The molecule has 0 saturated heterocycles. The van der Waals surface area contributed by atoms with Gasteiger partial charge in [0.2, 0.25) is 0 Å². The molecule has 2 aromatic carbocycles. The molecular weight excluding hydrogens is 674 g/mol. The number of carboxylic acid groups (broad SMARTS) is 1. The average molecular weight is 717 g/mol. The molecule has 7 nitrogen and oxygen atoms in total. The highest BCUT2D eigenvalue weighted by Crippen LogP contribution is 2.51. The zero-order chi connectivity index (χ0) is 35.5. The van der Waals surface area contributed by atoms with Crippen molar-refractivity contribution in [1.82, 2.24) is 0 Å². The van der Waals surface area contributed by atoms with Crippen molar-refractivity contribution in [2.75, 3.05) is 13.7 Å². The van der Waals surface area contributed by atoms with E-state index in [1.54, 1.807) is 46.9 Å². The van der Waals surface area contributed by atoms with Crippen LogP contribution in [0.4, 0.5) is 0 Å². The van der Waals surface area contributed by atoms with Crippen LogP contribution in [0.1, 0.15) is 86.0 Å². The van der Waals surface area contributed by atoms with Crippen molar-refractivity contribution in [2.45, 2.75) is 81.1 Å². The third kappa shape index (κ3) is 8.96. The molecule has 0 aromatic heterocycles. The number of aldehydes is 1. The van der Waals surface area contributed by atoms with Crippen LogP contribution in [0.15, 0.2) is 21.3 Å².